The standard InChI is InChI=1S/C11H11BrN4/c1-7-5-15-16(6-7)8-2-3-9(11(13)14)10(12)4-8/h2-6H,1H3,(H3,13,14). The molecule has 0 bridgehead atoms. The molecule has 4 nitrogen and oxygen atoms in total. The summed E-state index contributed by atoms with van der Waals surface area (Å²) < 4.78 is 2.58. The van der Waals surface area contributed by atoms with E-state index < -0.39 is 0 Å². The maximum absolute atomic E-state index is 7.38. The van der Waals surface area contributed by atoms with E-state index in [9.17, 15) is 0 Å². The predicted octanol–water partition coefficient (Wildman–Crippen LogP) is 2.23. The Bertz CT molecular complexity index is 545. The minimum atomic E-state index is 0.0510. The highest BCUT2D eigenvalue weighted by atomic mass is 79.9. The van der Waals surface area contributed by atoms with E-state index in [-0.39, 0.29) is 5.84 Å². The van der Waals surface area contributed by atoms with Crippen LogP contribution in [0.2, 0.25) is 0 Å². The van der Waals surface area contributed by atoms with Gasteiger partial charge in [0.1, 0.15) is 5.84 Å². The Morgan fingerprint density at radius 3 is 2.75 bits per heavy atom. The zero-order valence-electron chi connectivity index (χ0n) is 8.74. The fourth-order valence-electron chi connectivity index (χ4n) is 1.42. The number of nitrogens with zero attached hydrogens (tertiary/aromatic N) is 2. The predicted molar refractivity (Wildman–Crippen MR) is 67.0 cm³/mol. The number of nitrogens with one attached hydrogen (secondary N) is 1. The first-order valence-electron chi connectivity index (χ1n) is 4.73. The lowest BCUT2D eigenvalue weighted by Crippen LogP contribution is -2.12. The third-order valence-corrected chi connectivity index (χ3v) is 2.88. The summed E-state index contributed by atoms with van der Waals surface area (Å²) in [7, 11) is 0. The Balaban J connectivity index is 2.45. The average Bonchev–Trinajstić information content (AvgIpc) is 2.64. The first kappa shape index (κ1) is 10.9. The molecule has 1 aromatic heterocycles. The van der Waals surface area contributed by atoms with Crippen LogP contribution in [0.1, 0.15) is 11.1 Å². The van der Waals surface area contributed by atoms with Gasteiger partial charge in [0.15, 0.2) is 0 Å². The minimum absolute atomic E-state index is 0.0510. The van der Waals surface area contributed by atoms with Crippen molar-refractivity contribution in [3.63, 3.8) is 0 Å². The Morgan fingerprint density at radius 1 is 1.50 bits per heavy atom. The molecule has 3 N–H and O–H groups in total. The maximum atomic E-state index is 7.38. The Kier molecular flexibility index (Phi) is 2.78. The smallest absolute Gasteiger partial charge is 0.123 e. The van der Waals surface area contributed by atoms with Crippen molar-refractivity contribution in [2.24, 2.45) is 5.73 Å². The molecular weight excluding hydrogens is 268 g/mol. The molecule has 2 rings (SSSR count). The number of nitrogens with two attached hydrogens (primary N) is 1. The normalized spacial score (nSPS) is 10.4. The monoisotopic (exact) mass is 278 g/mol. The summed E-state index contributed by atoms with van der Waals surface area (Å²) in [4.78, 5) is 0. The molecule has 0 aliphatic carbocycles. The third-order valence-electron chi connectivity index (χ3n) is 2.22. The second kappa shape index (κ2) is 4.09. The fourth-order valence-corrected chi connectivity index (χ4v) is 2.00. The number of hydrogen-bond donors (Lipinski definition) is 2. The van der Waals surface area contributed by atoms with Crippen molar-refractivity contribution in [1.82, 2.24) is 9.78 Å². The van der Waals surface area contributed by atoms with Crippen molar-refractivity contribution < 1.29 is 0 Å². The summed E-state index contributed by atoms with van der Waals surface area (Å²) >= 11 is 3.39. The molecule has 0 atom stereocenters. The maximum Gasteiger partial charge on any atom is 0.123 e. The number of rotatable bonds is 2. The molecule has 5 heteroatoms. The van der Waals surface area contributed by atoms with Crippen molar-refractivity contribution in [3.05, 3.63) is 46.2 Å². The van der Waals surface area contributed by atoms with Gasteiger partial charge in [0.05, 0.1) is 11.9 Å². The molecule has 1 heterocycles. The van der Waals surface area contributed by atoms with Crippen LogP contribution in [-0.4, -0.2) is 15.6 Å². The Labute approximate surface area is 102 Å². The van der Waals surface area contributed by atoms with Crippen LogP contribution < -0.4 is 5.73 Å². The molecule has 0 fully saturated rings. The van der Waals surface area contributed by atoms with E-state index in [1.807, 2.05) is 25.3 Å². The van der Waals surface area contributed by atoms with E-state index in [0.29, 0.717) is 5.56 Å². The van der Waals surface area contributed by atoms with Crippen LogP contribution in [0.5, 0.6) is 0 Å². The van der Waals surface area contributed by atoms with Gasteiger partial charge in [-0.05, 0) is 46.6 Å². The quantitative estimate of drug-likeness (QED) is 0.653. The van der Waals surface area contributed by atoms with Crippen molar-refractivity contribution in [2.75, 3.05) is 0 Å². The molecule has 16 heavy (non-hydrogen) atoms. The topological polar surface area (TPSA) is 67.7 Å². The van der Waals surface area contributed by atoms with Crippen LogP contribution in [0.4, 0.5) is 0 Å². The fraction of sp³-hybridized carbons (Fsp3) is 0.0909. The summed E-state index contributed by atoms with van der Waals surface area (Å²) in [6.45, 7) is 1.99. The molecular formula is C11H11BrN4. The first-order valence-corrected chi connectivity index (χ1v) is 5.53. The Morgan fingerprint density at radius 2 is 2.25 bits per heavy atom. The lowest BCUT2D eigenvalue weighted by atomic mass is 10.2. The van der Waals surface area contributed by atoms with Gasteiger partial charge in [-0.3, -0.25) is 5.41 Å². The zero-order chi connectivity index (χ0) is 11.7. The van der Waals surface area contributed by atoms with Crippen molar-refractivity contribution in [2.45, 2.75) is 6.92 Å². The Hall–Kier alpha value is -1.62. The van der Waals surface area contributed by atoms with Crippen molar-refractivity contribution >= 4 is 21.8 Å². The van der Waals surface area contributed by atoms with Crippen LogP contribution in [-0.2, 0) is 0 Å². The second-order valence-electron chi connectivity index (χ2n) is 3.54. The van der Waals surface area contributed by atoms with Gasteiger partial charge in [-0.1, -0.05) is 0 Å². The lowest BCUT2D eigenvalue weighted by Gasteiger charge is -2.05. The average molecular weight is 279 g/mol. The molecule has 0 aliphatic rings. The molecule has 82 valence electrons. The van der Waals surface area contributed by atoms with Crippen LogP contribution >= 0.6 is 15.9 Å². The molecule has 0 radical (unpaired) electrons. The molecule has 0 saturated heterocycles. The number of hydrogen-bond acceptors (Lipinski definition) is 2. The van der Waals surface area contributed by atoms with Crippen LogP contribution in [0.15, 0.2) is 35.1 Å². The van der Waals surface area contributed by atoms with E-state index in [4.69, 9.17) is 11.1 Å². The first-order chi connectivity index (χ1) is 7.58. The largest absolute Gasteiger partial charge is 0.384 e. The summed E-state index contributed by atoms with van der Waals surface area (Å²) in [5, 5.41) is 11.6. The summed E-state index contributed by atoms with van der Waals surface area (Å²) in [5.41, 5.74) is 8.16. The number of benzene rings is 1. The summed E-state index contributed by atoms with van der Waals surface area (Å²) in [5.74, 6) is 0.0510. The molecule has 1 aromatic carbocycles. The number of aryl methyl sites for hydroxylation is 1. The van der Waals surface area contributed by atoms with Crippen molar-refractivity contribution in [1.29, 1.82) is 5.41 Å². The van der Waals surface area contributed by atoms with E-state index in [1.54, 1.807) is 16.9 Å². The van der Waals surface area contributed by atoms with Crippen molar-refractivity contribution in [3.8, 4) is 5.69 Å². The van der Waals surface area contributed by atoms with Crippen LogP contribution in [0.3, 0.4) is 0 Å². The number of halogens is 1. The van der Waals surface area contributed by atoms with Gasteiger partial charge in [0.2, 0.25) is 0 Å². The van der Waals surface area contributed by atoms with E-state index in [2.05, 4.69) is 21.0 Å². The summed E-state index contributed by atoms with van der Waals surface area (Å²) in [6, 6.07) is 5.58. The van der Waals surface area contributed by atoms with Gasteiger partial charge >= 0.3 is 0 Å². The van der Waals surface area contributed by atoms with Gasteiger partial charge in [0.25, 0.3) is 0 Å². The number of amidine groups is 1. The van der Waals surface area contributed by atoms with Crippen LogP contribution in [0.25, 0.3) is 5.69 Å². The number of aromatic nitrogens is 2. The number of nitrogen functional groups attached to an aromatic ring is 1. The van der Waals surface area contributed by atoms with Gasteiger partial charge in [-0.2, -0.15) is 5.10 Å². The third kappa shape index (κ3) is 1.99. The van der Waals surface area contributed by atoms with Crippen LogP contribution in [0, 0.1) is 12.3 Å². The SMILES string of the molecule is Cc1cnn(-c2ccc(C(=N)N)c(Br)c2)c1. The van der Waals surface area contributed by atoms with E-state index in [0.717, 1.165) is 15.7 Å². The van der Waals surface area contributed by atoms with Gasteiger partial charge in [-0.15, -0.1) is 0 Å². The minimum Gasteiger partial charge on any atom is -0.384 e. The van der Waals surface area contributed by atoms with Gasteiger partial charge in [0, 0.05) is 16.2 Å². The van der Waals surface area contributed by atoms with Gasteiger partial charge in [-0.25, -0.2) is 4.68 Å². The molecule has 0 aliphatic heterocycles. The lowest BCUT2D eigenvalue weighted by molar-refractivity contribution is 0.879. The highest BCUT2D eigenvalue weighted by molar-refractivity contribution is 9.10. The van der Waals surface area contributed by atoms with E-state index >= 15 is 0 Å². The molecule has 0 spiro atoms. The zero-order valence-corrected chi connectivity index (χ0v) is 10.3. The molecule has 0 saturated carbocycles. The van der Waals surface area contributed by atoms with E-state index in [1.165, 1.54) is 0 Å². The molecule has 2 aromatic rings. The summed E-state index contributed by atoms with van der Waals surface area (Å²) in [6.07, 6.45) is 3.74. The second-order valence-corrected chi connectivity index (χ2v) is 4.39. The molecule has 0 amide bonds. The highest BCUT2D eigenvalue weighted by Crippen LogP contribution is 2.20. The van der Waals surface area contributed by atoms with Gasteiger partial charge < -0.3 is 5.73 Å². The molecule has 0 unspecified atom stereocenters. The highest BCUT2D eigenvalue weighted by Gasteiger charge is 2.05.